The third-order valence-electron chi connectivity index (χ3n) is 4.27. The molecule has 0 unspecified atom stereocenters. The molecular weight excluding hydrogens is 341 g/mol. The Morgan fingerprint density at radius 2 is 1.69 bits per heavy atom. The Bertz CT molecular complexity index is 1100. The van der Waals surface area contributed by atoms with E-state index in [9.17, 15) is 13.2 Å². The summed E-state index contributed by atoms with van der Waals surface area (Å²) in [5.74, 6) is 0. The van der Waals surface area contributed by atoms with Gasteiger partial charge in [0.25, 0.3) is 0 Å². The van der Waals surface area contributed by atoms with E-state index in [-0.39, 0.29) is 5.69 Å². The zero-order valence-electron chi connectivity index (χ0n) is 13.7. The van der Waals surface area contributed by atoms with Crippen LogP contribution in [-0.4, -0.2) is 19.5 Å². The lowest BCUT2D eigenvalue weighted by Crippen LogP contribution is -2.10. The molecule has 0 radical (unpaired) electrons. The molecule has 3 heterocycles. The van der Waals surface area contributed by atoms with Crippen molar-refractivity contribution in [3.8, 4) is 16.8 Å². The van der Waals surface area contributed by atoms with Crippen molar-refractivity contribution < 1.29 is 13.2 Å². The Morgan fingerprint density at radius 3 is 2.46 bits per heavy atom. The van der Waals surface area contributed by atoms with Crippen LogP contribution < -0.4 is 0 Å². The maximum absolute atomic E-state index is 13.4. The summed E-state index contributed by atoms with van der Waals surface area (Å²) >= 11 is 0. The Labute approximate surface area is 147 Å². The summed E-state index contributed by atoms with van der Waals surface area (Å²) in [6.45, 7) is 1.95. The van der Waals surface area contributed by atoms with E-state index in [1.54, 1.807) is 24.5 Å². The highest BCUT2D eigenvalue weighted by Crippen LogP contribution is 2.36. The molecule has 130 valence electrons. The highest BCUT2D eigenvalue weighted by Gasteiger charge is 2.34. The first-order chi connectivity index (χ1) is 12.5. The normalized spacial score (nSPS) is 11.8. The summed E-state index contributed by atoms with van der Waals surface area (Å²) in [7, 11) is 0. The van der Waals surface area contributed by atoms with Gasteiger partial charge in [-0.1, -0.05) is 12.1 Å². The standard InChI is InChI=1S/C19H13F3N4/c1-12-5-7-23-9-14(12)13-3-2-4-16-18(13)25-11-26(16)17-10-24-8-6-15(17)19(20,21)22/h2-11H,1H3. The lowest BCUT2D eigenvalue weighted by Gasteiger charge is -2.13. The second kappa shape index (κ2) is 5.94. The maximum atomic E-state index is 13.4. The van der Waals surface area contributed by atoms with Crippen molar-refractivity contribution in [2.24, 2.45) is 0 Å². The maximum Gasteiger partial charge on any atom is 0.418 e. The minimum atomic E-state index is -4.48. The third-order valence-corrected chi connectivity index (χ3v) is 4.27. The Hall–Kier alpha value is -3.22. The molecule has 0 aliphatic heterocycles. The first-order valence-corrected chi connectivity index (χ1v) is 7.85. The summed E-state index contributed by atoms with van der Waals surface area (Å²) in [6, 6.07) is 8.28. The van der Waals surface area contributed by atoms with Crippen LogP contribution in [0.4, 0.5) is 13.2 Å². The molecule has 0 spiro atoms. The summed E-state index contributed by atoms with van der Waals surface area (Å²) in [5, 5.41) is 0. The molecule has 0 fully saturated rings. The number of aromatic nitrogens is 4. The van der Waals surface area contributed by atoms with Crippen LogP contribution in [0.1, 0.15) is 11.1 Å². The monoisotopic (exact) mass is 354 g/mol. The van der Waals surface area contributed by atoms with Crippen LogP contribution >= 0.6 is 0 Å². The number of rotatable bonds is 2. The molecule has 4 nitrogen and oxygen atoms in total. The first-order valence-electron chi connectivity index (χ1n) is 7.85. The molecule has 0 saturated heterocycles. The van der Waals surface area contributed by atoms with Crippen molar-refractivity contribution in [3.05, 3.63) is 72.6 Å². The summed E-state index contributed by atoms with van der Waals surface area (Å²) in [5.41, 5.74) is 3.11. The van der Waals surface area contributed by atoms with Crippen molar-refractivity contribution in [2.75, 3.05) is 0 Å². The van der Waals surface area contributed by atoms with E-state index < -0.39 is 11.7 Å². The molecule has 0 aliphatic carbocycles. The van der Waals surface area contributed by atoms with Gasteiger partial charge >= 0.3 is 6.18 Å². The van der Waals surface area contributed by atoms with E-state index in [0.29, 0.717) is 11.0 Å². The molecular formula is C19H13F3N4. The molecule has 7 heteroatoms. The molecule has 0 N–H and O–H groups in total. The fourth-order valence-corrected chi connectivity index (χ4v) is 3.01. The largest absolute Gasteiger partial charge is 0.418 e. The van der Waals surface area contributed by atoms with Gasteiger partial charge in [-0.3, -0.25) is 14.5 Å². The number of hydrogen-bond donors (Lipinski definition) is 0. The first kappa shape index (κ1) is 16.3. The number of alkyl halides is 3. The van der Waals surface area contributed by atoms with Gasteiger partial charge in [-0.2, -0.15) is 13.2 Å². The Balaban J connectivity index is 1.97. The van der Waals surface area contributed by atoms with Crippen molar-refractivity contribution in [2.45, 2.75) is 13.1 Å². The smallest absolute Gasteiger partial charge is 0.297 e. The van der Waals surface area contributed by atoms with Gasteiger partial charge in [0.15, 0.2) is 0 Å². The van der Waals surface area contributed by atoms with Gasteiger partial charge in [0.1, 0.15) is 6.33 Å². The van der Waals surface area contributed by atoms with E-state index in [1.807, 2.05) is 19.1 Å². The minimum absolute atomic E-state index is 0.0532. The number of fused-ring (bicyclic) bond motifs is 1. The lowest BCUT2D eigenvalue weighted by molar-refractivity contribution is -0.137. The van der Waals surface area contributed by atoms with Gasteiger partial charge in [0, 0.05) is 29.7 Å². The van der Waals surface area contributed by atoms with E-state index >= 15 is 0 Å². The van der Waals surface area contributed by atoms with Crippen LogP contribution in [0, 0.1) is 6.92 Å². The topological polar surface area (TPSA) is 43.6 Å². The summed E-state index contributed by atoms with van der Waals surface area (Å²) < 4.78 is 41.5. The molecule has 4 aromatic rings. The number of para-hydroxylation sites is 1. The van der Waals surface area contributed by atoms with Gasteiger partial charge in [0.2, 0.25) is 0 Å². The average molecular weight is 354 g/mol. The highest BCUT2D eigenvalue weighted by atomic mass is 19.4. The van der Waals surface area contributed by atoms with Crippen molar-refractivity contribution >= 4 is 11.0 Å². The molecule has 3 aromatic heterocycles. The molecule has 0 saturated carbocycles. The molecule has 0 aliphatic rings. The van der Waals surface area contributed by atoms with Crippen molar-refractivity contribution in [3.63, 3.8) is 0 Å². The zero-order valence-corrected chi connectivity index (χ0v) is 13.7. The molecule has 0 amide bonds. The van der Waals surface area contributed by atoms with Crippen LogP contribution in [-0.2, 0) is 6.18 Å². The molecule has 4 rings (SSSR count). The molecule has 0 bridgehead atoms. The van der Waals surface area contributed by atoms with E-state index in [4.69, 9.17) is 0 Å². The van der Waals surface area contributed by atoms with Gasteiger partial charge in [0.05, 0.1) is 28.5 Å². The molecule has 0 atom stereocenters. The summed E-state index contributed by atoms with van der Waals surface area (Å²) in [4.78, 5) is 12.4. The van der Waals surface area contributed by atoms with Gasteiger partial charge < -0.3 is 0 Å². The number of halogens is 3. The van der Waals surface area contributed by atoms with Crippen LogP contribution in [0.15, 0.2) is 61.4 Å². The van der Waals surface area contributed by atoms with E-state index in [0.717, 1.165) is 29.0 Å². The van der Waals surface area contributed by atoms with E-state index in [2.05, 4.69) is 15.0 Å². The molecule has 26 heavy (non-hydrogen) atoms. The Kier molecular flexibility index (Phi) is 3.72. The Morgan fingerprint density at radius 1 is 0.923 bits per heavy atom. The van der Waals surface area contributed by atoms with Gasteiger partial charge in [-0.15, -0.1) is 0 Å². The van der Waals surface area contributed by atoms with Crippen LogP contribution in [0.5, 0.6) is 0 Å². The predicted octanol–water partition coefficient (Wildman–Crippen LogP) is 4.81. The average Bonchev–Trinajstić information content (AvgIpc) is 3.05. The second-order valence-electron chi connectivity index (χ2n) is 5.87. The molecule has 1 aromatic carbocycles. The zero-order chi connectivity index (χ0) is 18.3. The number of aryl methyl sites for hydroxylation is 1. The summed E-state index contributed by atoms with van der Waals surface area (Å²) in [6.07, 6.45) is 2.68. The van der Waals surface area contributed by atoms with Gasteiger partial charge in [-0.05, 0) is 30.7 Å². The second-order valence-corrected chi connectivity index (χ2v) is 5.87. The van der Waals surface area contributed by atoms with Crippen LogP contribution in [0.2, 0.25) is 0 Å². The number of benzene rings is 1. The quantitative estimate of drug-likeness (QED) is 0.519. The van der Waals surface area contributed by atoms with E-state index in [1.165, 1.54) is 17.1 Å². The van der Waals surface area contributed by atoms with Gasteiger partial charge in [-0.25, -0.2) is 4.98 Å². The van der Waals surface area contributed by atoms with Crippen molar-refractivity contribution in [1.82, 2.24) is 19.5 Å². The highest BCUT2D eigenvalue weighted by molar-refractivity contribution is 5.93. The number of imidazole rings is 1. The number of nitrogens with zero attached hydrogens (tertiary/aromatic N) is 4. The fourth-order valence-electron chi connectivity index (χ4n) is 3.01. The fraction of sp³-hybridized carbons (Fsp3) is 0.105. The lowest BCUT2D eigenvalue weighted by atomic mass is 10.0. The third kappa shape index (κ3) is 2.61. The number of hydrogen-bond acceptors (Lipinski definition) is 3. The SMILES string of the molecule is Cc1ccncc1-c1cccc2c1ncn2-c1cnccc1C(F)(F)F. The number of pyridine rings is 2. The minimum Gasteiger partial charge on any atom is -0.297 e. The van der Waals surface area contributed by atoms with Crippen LogP contribution in [0.25, 0.3) is 27.8 Å². The van der Waals surface area contributed by atoms with Crippen molar-refractivity contribution in [1.29, 1.82) is 0 Å². The van der Waals surface area contributed by atoms with Crippen LogP contribution in [0.3, 0.4) is 0 Å². The predicted molar refractivity (Wildman–Crippen MR) is 91.8 cm³/mol.